The van der Waals surface area contributed by atoms with Gasteiger partial charge < -0.3 is 15.5 Å². The first kappa shape index (κ1) is 15.6. The van der Waals surface area contributed by atoms with Gasteiger partial charge in [-0.2, -0.15) is 0 Å². The molecule has 2 aromatic heterocycles. The van der Waals surface area contributed by atoms with Gasteiger partial charge in [0.25, 0.3) is 0 Å². The fraction of sp³-hybridized carbons (Fsp3) is 0.562. The quantitative estimate of drug-likeness (QED) is 0.580. The van der Waals surface area contributed by atoms with Crippen LogP contribution in [0.3, 0.4) is 0 Å². The second-order valence-corrected chi connectivity index (χ2v) is 6.31. The molecule has 2 rings (SSSR count). The summed E-state index contributed by atoms with van der Waals surface area (Å²) in [6, 6.07) is 5.92. The summed E-state index contributed by atoms with van der Waals surface area (Å²) in [5, 5.41) is 7.84. The molecule has 5 nitrogen and oxygen atoms in total. The molecule has 3 N–H and O–H groups in total. The molecular weight excluding hydrogens is 262 g/mol. The van der Waals surface area contributed by atoms with Crippen LogP contribution in [0.4, 0.5) is 11.5 Å². The third-order valence-corrected chi connectivity index (χ3v) is 3.93. The molecule has 0 aromatic carbocycles. The average Bonchev–Trinajstić information content (AvgIpc) is 2.79. The first-order valence-electron chi connectivity index (χ1n) is 7.82. The molecule has 0 bridgehead atoms. The van der Waals surface area contributed by atoms with E-state index in [0.29, 0.717) is 0 Å². The summed E-state index contributed by atoms with van der Waals surface area (Å²) < 4.78 is 2.90. The van der Waals surface area contributed by atoms with Crippen molar-refractivity contribution in [3.05, 3.63) is 24.4 Å². The van der Waals surface area contributed by atoms with Gasteiger partial charge in [-0.15, -0.1) is 5.10 Å². The summed E-state index contributed by atoms with van der Waals surface area (Å²) in [6.07, 6.45) is 5.59. The summed E-state index contributed by atoms with van der Waals surface area (Å²) in [7, 11) is 4.60. The minimum absolute atomic E-state index is 0.732. The van der Waals surface area contributed by atoms with Crippen molar-refractivity contribution in [1.82, 2.24) is 9.61 Å². The number of quaternary nitrogens is 1. The monoisotopic (exact) mass is 290 g/mol. The molecule has 0 amide bonds. The van der Waals surface area contributed by atoms with Crippen LogP contribution in [0.5, 0.6) is 0 Å². The Morgan fingerprint density at radius 3 is 2.71 bits per heavy atom. The summed E-state index contributed by atoms with van der Waals surface area (Å²) in [5.74, 6) is 0.792. The first-order chi connectivity index (χ1) is 10.0. The van der Waals surface area contributed by atoms with E-state index in [9.17, 15) is 0 Å². The van der Waals surface area contributed by atoms with Crippen LogP contribution in [-0.2, 0) is 0 Å². The van der Waals surface area contributed by atoms with E-state index in [2.05, 4.69) is 31.4 Å². The van der Waals surface area contributed by atoms with E-state index in [1.165, 1.54) is 25.9 Å². The van der Waals surface area contributed by atoms with Crippen LogP contribution in [0.1, 0.15) is 26.2 Å². The van der Waals surface area contributed by atoms with Gasteiger partial charge in [0.05, 0.1) is 32.7 Å². The predicted molar refractivity (Wildman–Crippen MR) is 89.5 cm³/mol. The molecule has 2 heterocycles. The fourth-order valence-corrected chi connectivity index (χ4v) is 2.56. The zero-order valence-corrected chi connectivity index (χ0v) is 13.5. The highest BCUT2D eigenvalue weighted by molar-refractivity contribution is 5.80. The lowest BCUT2D eigenvalue weighted by molar-refractivity contribution is -0.890. The number of nitrogens with two attached hydrogens (primary N) is 1. The Balaban J connectivity index is 1.84. The maximum absolute atomic E-state index is 6.12. The van der Waals surface area contributed by atoms with E-state index in [1.807, 2.05) is 28.9 Å². The van der Waals surface area contributed by atoms with Crippen LogP contribution in [0.2, 0.25) is 0 Å². The molecule has 0 radical (unpaired) electrons. The third-order valence-electron chi connectivity index (χ3n) is 3.93. The molecule has 0 fully saturated rings. The molecule has 0 spiro atoms. The predicted octanol–water partition coefficient (Wildman–Crippen LogP) is 2.59. The molecule has 21 heavy (non-hydrogen) atoms. The molecule has 0 aliphatic rings. The van der Waals surface area contributed by atoms with Crippen LogP contribution in [-0.4, -0.2) is 47.8 Å². The van der Waals surface area contributed by atoms with Gasteiger partial charge in [-0.25, -0.2) is 4.52 Å². The second kappa shape index (κ2) is 6.80. The zero-order valence-electron chi connectivity index (χ0n) is 13.5. The average molecular weight is 290 g/mol. The number of hydrogen-bond donors (Lipinski definition) is 2. The molecule has 0 unspecified atom stereocenters. The van der Waals surface area contributed by atoms with Crippen LogP contribution >= 0.6 is 0 Å². The van der Waals surface area contributed by atoms with E-state index >= 15 is 0 Å². The van der Waals surface area contributed by atoms with Gasteiger partial charge in [0, 0.05) is 19.2 Å². The van der Waals surface area contributed by atoms with Crippen molar-refractivity contribution in [3.8, 4) is 0 Å². The number of unbranched alkanes of at least 4 members (excludes halogenated alkanes) is 1. The third kappa shape index (κ3) is 4.11. The fourth-order valence-electron chi connectivity index (χ4n) is 2.56. The first-order valence-corrected chi connectivity index (χ1v) is 7.82. The van der Waals surface area contributed by atoms with Gasteiger partial charge in [0.1, 0.15) is 5.69 Å². The lowest BCUT2D eigenvalue weighted by Crippen LogP contribution is -2.41. The second-order valence-electron chi connectivity index (χ2n) is 6.31. The normalized spacial score (nSPS) is 12.0. The van der Waals surface area contributed by atoms with Crippen molar-refractivity contribution in [1.29, 1.82) is 0 Å². The van der Waals surface area contributed by atoms with Crippen LogP contribution in [0, 0.1) is 0 Å². The van der Waals surface area contributed by atoms with Gasteiger partial charge >= 0.3 is 0 Å². The van der Waals surface area contributed by atoms with Gasteiger partial charge in [0.2, 0.25) is 0 Å². The minimum atomic E-state index is 0.732. The van der Waals surface area contributed by atoms with E-state index in [1.54, 1.807) is 0 Å². The van der Waals surface area contributed by atoms with Gasteiger partial charge in [-0.05, 0) is 18.6 Å². The number of hydrogen-bond acceptors (Lipinski definition) is 3. The Kier molecular flexibility index (Phi) is 5.07. The van der Waals surface area contributed by atoms with E-state index in [0.717, 1.165) is 34.5 Å². The highest BCUT2D eigenvalue weighted by Gasteiger charge is 2.14. The highest BCUT2D eigenvalue weighted by Crippen LogP contribution is 2.22. The topological polar surface area (TPSA) is 55.4 Å². The van der Waals surface area contributed by atoms with Gasteiger partial charge in [0.15, 0.2) is 5.82 Å². The maximum atomic E-state index is 6.12. The Morgan fingerprint density at radius 1 is 1.24 bits per heavy atom. The van der Waals surface area contributed by atoms with Crippen molar-refractivity contribution in [2.24, 2.45) is 0 Å². The molecule has 2 aromatic rings. The number of nitrogens with zero attached hydrogens (tertiary/aromatic N) is 3. The van der Waals surface area contributed by atoms with Crippen LogP contribution in [0.15, 0.2) is 24.4 Å². The van der Waals surface area contributed by atoms with Crippen molar-refractivity contribution in [2.45, 2.75) is 26.2 Å². The summed E-state index contributed by atoms with van der Waals surface area (Å²) >= 11 is 0. The minimum Gasteiger partial charge on any atom is -0.394 e. The summed E-state index contributed by atoms with van der Waals surface area (Å²) in [4.78, 5) is 0. The molecule has 0 aliphatic carbocycles. The SMILES string of the molecule is CCCC[N+](C)(C)CCCNc1nn2ccccc2c1N. The summed E-state index contributed by atoms with van der Waals surface area (Å²) in [6.45, 7) is 5.56. The molecule has 0 atom stereocenters. The van der Waals surface area contributed by atoms with E-state index in [-0.39, 0.29) is 0 Å². The summed E-state index contributed by atoms with van der Waals surface area (Å²) in [5.41, 5.74) is 7.81. The van der Waals surface area contributed by atoms with Crippen molar-refractivity contribution >= 4 is 17.0 Å². The van der Waals surface area contributed by atoms with Crippen molar-refractivity contribution < 1.29 is 4.48 Å². The molecule has 0 saturated carbocycles. The molecule has 0 saturated heterocycles. The van der Waals surface area contributed by atoms with Crippen molar-refractivity contribution in [2.75, 3.05) is 44.8 Å². The molecule has 5 heteroatoms. The number of pyridine rings is 1. The standard InChI is InChI=1S/C16H28N5/c1-4-5-12-21(2,3)13-8-10-18-16-15(17)14-9-6-7-11-20(14)19-16/h6-7,9,11H,4-5,8,10,12-13,17H2,1-3H3,(H,18,19)/q+1. The maximum Gasteiger partial charge on any atom is 0.172 e. The Hall–Kier alpha value is -1.75. The largest absolute Gasteiger partial charge is 0.394 e. The number of nitrogen functional groups attached to an aromatic ring is 1. The van der Waals surface area contributed by atoms with Gasteiger partial charge in [-0.3, -0.25) is 0 Å². The lowest BCUT2D eigenvalue weighted by Gasteiger charge is -2.29. The number of fused-ring (bicyclic) bond motifs is 1. The van der Waals surface area contributed by atoms with Gasteiger partial charge in [-0.1, -0.05) is 19.4 Å². The van der Waals surface area contributed by atoms with E-state index < -0.39 is 0 Å². The Morgan fingerprint density at radius 2 is 2.00 bits per heavy atom. The zero-order chi connectivity index (χ0) is 15.3. The smallest absolute Gasteiger partial charge is 0.172 e. The number of rotatable bonds is 8. The highest BCUT2D eigenvalue weighted by atomic mass is 15.3. The number of nitrogens with one attached hydrogen (secondary N) is 1. The van der Waals surface area contributed by atoms with Crippen LogP contribution in [0.25, 0.3) is 5.52 Å². The van der Waals surface area contributed by atoms with E-state index in [4.69, 9.17) is 5.73 Å². The van der Waals surface area contributed by atoms with Crippen molar-refractivity contribution in [3.63, 3.8) is 0 Å². The Bertz CT molecular complexity index is 573. The lowest BCUT2D eigenvalue weighted by atomic mass is 10.2. The Labute approximate surface area is 127 Å². The van der Waals surface area contributed by atoms with Crippen LogP contribution < -0.4 is 11.1 Å². The molecular formula is C16H28N5+. The number of anilines is 2. The number of aromatic nitrogens is 2. The molecule has 0 aliphatic heterocycles. The molecule has 116 valence electrons.